The van der Waals surface area contributed by atoms with Gasteiger partial charge in [0, 0.05) is 6.42 Å². The Hall–Kier alpha value is -0.830. The number of ketones is 1. The molecule has 0 N–H and O–H groups in total. The van der Waals surface area contributed by atoms with Gasteiger partial charge in [0.15, 0.2) is 11.9 Å². The molecule has 15 heavy (non-hydrogen) atoms. The molecule has 0 aliphatic rings. The number of halogens is 1. The van der Waals surface area contributed by atoms with E-state index in [0.717, 1.165) is 10.2 Å². The van der Waals surface area contributed by atoms with Crippen molar-refractivity contribution in [3.8, 4) is 5.75 Å². The van der Waals surface area contributed by atoms with Gasteiger partial charge in [-0.25, -0.2) is 0 Å². The van der Waals surface area contributed by atoms with Crippen molar-refractivity contribution in [3.63, 3.8) is 0 Å². The van der Waals surface area contributed by atoms with Gasteiger partial charge in [-0.15, -0.1) is 0 Å². The van der Waals surface area contributed by atoms with Gasteiger partial charge in [0.1, 0.15) is 5.75 Å². The van der Waals surface area contributed by atoms with Gasteiger partial charge in [-0.1, -0.05) is 26.0 Å². The van der Waals surface area contributed by atoms with E-state index in [0.29, 0.717) is 12.8 Å². The number of Topliss-reactive ketones (excluding diaryl/α,β-unsaturated/α-hetero) is 1. The van der Waals surface area contributed by atoms with Crippen LogP contribution >= 0.6 is 15.9 Å². The maximum Gasteiger partial charge on any atom is 0.172 e. The smallest absolute Gasteiger partial charge is 0.172 e. The number of ether oxygens (including phenoxy) is 1. The monoisotopic (exact) mass is 270 g/mol. The zero-order chi connectivity index (χ0) is 11.3. The average Bonchev–Trinajstić information content (AvgIpc) is 2.27. The lowest BCUT2D eigenvalue weighted by atomic mass is 10.1. The summed E-state index contributed by atoms with van der Waals surface area (Å²) < 4.78 is 6.53. The molecule has 1 aromatic carbocycles. The first-order chi connectivity index (χ1) is 7.19. The van der Waals surface area contributed by atoms with E-state index in [1.54, 1.807) is 0 Å². The van der Waals surface area contributed by atoms with Gasteiger partial charge < -0.3 is 4.74 Å². The molecule has 0 aliphatic carbocycles. The Bertz CT molecular complexity index is 336. The van der Waals surface area contributed by atoms with Crippen molar-refractivity contribution in [2.45, 2.75) is 32.8 Å². The van der Waals surface area contributed by atoms with Crippen molar-refractivity contribution in [1.29, 1.82) is 0 Å². The Kier molecular flexibility index (Phi) is 4.82. The van der Waals surface area contributed by atoms with Crippen LogP contribution in [0.4, 0.5) is 0 Å². The van der Waals surface area contributed by atoms with Crippen LogP contribution in [0.2, 0.25) is 0 Å². The topological polar surface area (TPSA) is 26.3 Å². The third-order valence-electron chi connectivity index (χ3n) is 2.18. The molecule has 0 aliphatic heterocycles. The van der Waals surface area contributed by atoms with E-state index >= 15 is 0 Å². The van der Waals surface area contributed by atoms with Gasteiger partial charge in [-0.3, -0.25) is 4.79 Å². The summed E-state index contributed by atoms with van der Waals surface area (Å²) in [5, 5.41) is 0. The van der Waals surface area contributed by atoms with E-state index < -0.39 is 0 Å². The second-order valence-corrected chi connectivity index (χ2v) is 4.12. The highest BCUT2D eigenvalue weighted by molar-refractivity contribution is 9.10. The minimum absolute atomic E-state index is 0.147. The average molecular weight is 271 g/mol. The molecule has 1 atom stereocenters. The molecule has 3 heteroatoms. The van der Waals surface area contributed by atoms with Crippen LogP contribution in [-0.2, 0) is 4.79 Å². The van der Waals surface area contributed by atoms with Crippen LogP contribution in [-0.4, -0.2) is 11.9 Å². The van der Waals surface area contributed by atoms with Crippen molar-refractivity contribution >= 4 is 21.7 Å². The van der Waals surface area contributed by atoms with Crippen LogP contribution in [0.15, 0.2) is 28.7 Å². The Morgan fingerprint density at radius 1 is 1.40 bits per heavy atom. The summed E-state index contributed by atoms with van der Waals surface area (Å²) in [6.45, 7) is 3.81. The van der Waals surface area contributed by atoms with E-state index in [-0.39, 0.29) is 11.9 Å². The van der Waals surface area contributed by atoms with Gasteiger partial charge >= 0.3 is 0 Å². The Morgan fingerprint density at radius 3 is 2.60 bits per heavy atom. The SMILES string of the molecule is CCC(=O)C(CC)Oc1ccccc1Br. The summed E-state index contributed by atoms with van der Waals surface area (Å²) in [5.74, 6) is 0.874. The molecular weight excluding hydrogens is 256 g/mol. The molecule has 1 rings (SSSR count). The summed E-state index contributed by atoms with van der Waals surface area (Å²) in [6.07, 6.45) is 0.894. The van der Waals surface area contributed by atoms with Crippen molar-refractivity contribution in [1.82, 2.24) is 0 Å². The standard InChI is InChI=1S/C12H15BrO2/c1-3-10(14)11(4-2)15-12-8-6-5-7-9(12)13/h5-8,11H,3-4H2,1-2H3. The van der Waals surface area contributed by atoms with Gasteiger partial charge in [0.2, 0.25) is 0 Å². The molecule has 0 heterocycles. The normalized spacial score (nSPS) is 12.2. The van der Waals surface area contributed by atoms with Crippen LogP contribution in [0, 0.1) is 0 Å². The summed E-state index contributed by atoms with van der Waals surface area (Å²) in [6, 6.07) is 7.57. The van der Waals surface area contributed by atoms with E-state index in [4.69, 9.17) is 4.74 Å². The molecule has 0 radical (unpaired) electrons. The molecule has 0 saturated carbocycles. The summed E-state index contributed by atoms with van der Waals surface area (Å²) in [5.41, 5.74) is 0. The fraction of sp³-hybridized carbons (Fsp3) is 0.417. The molecule has 2 nitrogen and oxygen atoms in total. The van der Waals surface area contributed by atoms with Crippen LogP contribution in [0.3, 0.4) is 0 Å². The molecule has 0 bridgehead atoms. The van der Waals surface area contributed by atoms with E-state index in [9.17, 15) is 4.79 Å². The lowest BCUT2D eigenvalue weighted by Gasteiger charge is -2.16. The molecule has 0 spiro atoms. The van der Waals surface area contributed by atoms with Crippen LogP contribution in [0.1, 0.15) is 26.7 Å². The van der Waals surface area contributed by atoms with E-state index in [1.807, 2.05) is 38.1 Å². The summed E-state index contributed by atoms with van der Waals surface area (Å²) in [4.78, 5) is 11.5. The van der Waals surface area contributed by atoms with Crippen LogP contribution < -0.4 is 4.74 Å². The van der Waals surface area contributed by atoms with Crippen molar-refractivity contribution < 1.29 is 9.53 Å². The zero-order valence-electron chi connectivity index (χ0n) is 9.00. The Balaban J connectivity index is 2.75. The Labute approximate surface area is 98.8 Å². The maximum atomic E-state index is 11.5. The number of para-hydroxylation sites is 1. The molecule has 0 amide bonds. The van der Waals surface area contributed by atoms with Crippen LogP contribution in [0.5, 0.6) is 5.75 Å². The number of benzene rings is 1. The highest BCUT2D eigenvalue weighted by atomic mass is 79.9. The largest absolute Gasteiger partial charge is 0.482 e. The first kappa shape index (κ1) is 12.2. The first-order valence-corrected chi connectivity index (χ1v) is 5.92. The molecule has 1 unspecified atom stereocenters. The lowest BCUT2D eigenvalue weighted by molar-refractivity contribution is -0.125. The molecule has 82 valence electrons. The third-order valence-corrected chi connectivity index (χ3v) is 2.84. The zero-order valence-corrected chi connectivity index (χ0v) is 10.6. The quantitative estimate of drug-likeness (QED) is 0.818. The van der Waals surface area contributed by atoms with Crippen molar-refractivity contribution in [2.75, 3.05) is 0 Å². The highest BCUT2D eigenvalue weighted by Gasteiger charge is 2.16. The van der Waals surface area contributed by atoms with Crippen molar-refractivity contribution in [2.24, 2.45) is 0 Å². The molecular formula is C12H15BrO2. The maximum absolute atomic E-state index is 11.5. The molecule has 0 aromatic heterocycles. The number of hydrogen-bond donors (Lipinski definition) is 0. The minimum atomic E-state index is -0.325. The third kappa shape index (κ3) is 3.34. The Morgan fingerprint density at radius 2 is 2.07 bits per heavy atom. The van der Waals surface area contributed by atoms with Gasteiger partial charge in [0.25, 0.3) is 0 Å². The highest BCUT2D eigenvalue weighted by Crippen LogP contribution is 2.25. The summed E-state index contributed by atoms with van der Waals surface area (Å²) >= 11 is 3.39. The molecule has 0 fully saturated rings. The number of carbonyl (C=O) groups is 1. The predicted molar refractivity (Wildman–Crippen MR) is 64.1 cm³/mol. The number of carbonyl (C=O) groups excluding carboxylic acids is 1. The second kappa shape index (κ2) is 5.91. The van der Waals surface area contributed by atoms with Gasteiger partial charge in [-0.05, 0) is 34.5 Å². The lowest BCUT2D eigenvalue weighted by Crippen LogP contribution is -2.25. The fourth-order valence-electron chi connectivity index (χ4n) is 1.30. The molecule has 0 saturated heterocycles. The fourth-order valence-corrected chi connectivity index (χ4v) is 1.68. The molecule has 1 aromatic rings. The van der Waals surface area contributed by atoms with Gasteiger partial charge in [0.05, 0.1) is 4.47 Å². The van der Waals surface area contributed by atoms with E-state index in [1.165, 1.54) is 0 Å². The summed E-state index contributed by atoms with van der Waals surface area (Å²) in [7, 11) is 0. The predicted octanol–water partition coefficient (Wildman–Crippen LogP) is 3.59. The minimum Gasteiger partial charge on any atom is -0.482 e. The number of hydrogen-bond acceptors (Lipinski definition) is 2. The second-order valence-electron chi connectivity index (χ2n) is 3.27. The van der Waals surface area contributed by atoms with Crippen LogP contribution in [0.25, 0.3) is 0 Å². The van der Waals surface area contributed by atoms with Gasteiger partial charge in [-0.2, -0.15) is 0 Å². The number of rotatable bonds is 5. The van der Waals surface area contributed by atoms with Crippen molar-refractivity contribution in [3.05, 3.63) is 28.7 Å². The first-order valence-electron chi connectivity index (χ1n) is 5.12. The van der Waals surface area contributed by atoms with E-state index in [2.05, 4.69) is 15.9 Å².